The first-order valence-electron chi connectivity index (χ1n) is 9.79. The van der Waals surface area contributed by atoms with Crippen LogP contribution < -0.4 is 19.5 Å². The van der Waals surface area contributed by atoms with Crippen LogP contribution in [-0.2, 0) is 6.54 Å². The summed E-state index contributed by atoms with van der Waals surface area (Å²) in [7, 11) is 4.77. The van der Waals surface area contributed by atoms with Gasteiger partial charge in [0.25, 0.3) is 5.91 Å². The van der Waals surface area contributed by atoms with Crippen LogP contribution in [0, 0.1) is 0 Å². The van der Waals surface area contributed by atoms with Crippen molar-refractivity contribution in [2.45, 2.75) is 6.54 Å². The molecule has 6 nitrogen and oxygen atoms in total. The second-order valence-electron chi connectivity index (χ2n) is 6.94. The lowest BCUT2D eigenvalue weighted by molar-refractivity contribution is 0.0926. The van der Waals surface area contributed by atoms with E-state index in [4.69, 9.17) is 18.6 Å². The van der Waals surface area contributed by atoms with E-state index in [2.05, 4.69) is 5.32 Å². The summed E-state index contributed by atoms with van der Waals surface area (Å²) in [5.74, 6) is 1.92. The van der Waals surface area contributed by atoms with Gasteiger partial charge < -0.3 is 23.9 Å². The molecule has 0 spiro atoms. The lowest BCUT2D eigenvalue weighted by Crippen LogP contribution is -2.22. The van der Waals surface area contributed by atoms with Crippen LogP contribution in [-0.4, -0.2) is 27.2 Å². The summed E-state index contributed by atoms with van der Waals surface area (Å²) in [6, 6.07) is 20.7. The number of amides is 1. The predicted molar refractivity (Wildman–Crippen MR) is 119 cm³/mol. The molecule has 0 saturated carbocycles. The molecule has 0 saturated heterocycles. The van der Waals surface area contributed by atoms with Gasteiger partial charge in [0.1, 0.15) is 22.8 Å². The highest BCUT2D eigenvalue weighted by Crippen LogP contribution is 2.36. The van der Waals surface area contributed by atoms with E-state index in [0.29, 0.717) is 29.4 Å². The molecule has 0 radical (unpaired) electrons. The zero-order valence-corrected chi connectivity index (χ0v) is 17.6. The third kappa shape index (κ3) is 4.19. The Morgan fingerprint density at radius 1 is 0.839 bits per heavy atom. The average molecular weight is 417 g/mol. The van der Waals surface area contributed by atoms with Crippen LogP contribution in [0.25, 0.3) is 22.1 Å². The van der Waals surface area contributed by atoms with E-state index in [9.17, 15) is 4.79 Å². The van der Waals surface area contributed by atoms with Crippen LogP contribution >= 0.6 is 0 Å². The van der Waals surface area contributed by atoms with Gasteiger partial charge in [0.15, 0.2) is 0 Å². The van der Waals surface area contributed by atoms with E-state index in [-0.39, 0.29) is 11.7 Å². The number of rotatable bonds is 7. The van der Waals surface area contributed by atoms with Crippen molar-refractivity contribution in [3.05, 3.63) is 78.1 Å². The Morgan fingerprint density at radius 3 is 2.16 bits per heavy atom. The Labute approximate surface area is 180 Å². The van der Waals surface area contributed by atoms with Crippen molar-refractivity contribution in [1.82, 2.24) is 5.32 Å². The van der Waals surface area contributed by atoms with Gasteiger partial charge in [-0.25, -0.2) is 0 Å². The zero-order valence-electron chi connectivity index (χ0n) is 17.6. The number of furan rings is 1. The van der Waals surface area contributed by atoms with E-state index in [1.54, 1.807) is 33.5 Å². The van der Waals surface area contributed by atoms with Gasteiger partial charge in [0.05, 0.1) is 21.3 Å². The molecule has 0 atom stereocenters. The third-order valence-corrected chi connectivity index (χ3v) is 5.03. The molecule has 0 unspecified atom stereocenters. The van der Waals surface area contributed by atoms with Crippen molar-refractivity contribution in [3.63, 3.8) is 0 Å². The first-order chi connectivity index (χ1) is 15.1. The zero-order chi connectivity index (χ0) is 21.8. The highest BCUT2D eigenvalue weighted by Gasteiger charge is 2.22. The Morgan fingerprint density at radius 2 is 1.52 bits per heavy atom. The number of carbonyl (C=O) groups is 1. The highest BCUT2D eigenvalue weighted by atomic mass is 16.5. The van der Waals surface area contributed by atoms with Gasteiger partial charge in [0.2, 0.25) is 5.76 Å². The van der Waals surface area contributed by atoms with Gasteiger partial charge in [-0.3, -0.25) is 4.79 Å². The van der Waals surface area contributed by atoms with Gasteiger partial charge in [-0.1, -0.05) is 30.3 Å². The van der Waals surface area contributed by atoms with Crippen LogP contribution in [0.3, 0.4) is 0 Å². The Kier molecular flexibility index (Phi) is 5.80. The maximum absolute atomic E-state index is 13.1. The van der Waals surface area contributed by atoms with Crippen molar-refractivity contribution in [2.75, 3.05) is 21.3 Å². The normalized spacial score (nSPS) is 10.7. The molecular formula is C25H23NO5. The summed E-state index contributed by atoms with van der Waals surface area (Å²) in [5.41, 5.74) is 3.09. The number of benzene rings is 3. The standard InChI is InChI=1S/C25H23NO5/c1-28-18-9-10-21-22(14-18)31-24(23(21)17-7-5-4-6-8-17)25(27)26-15-16-11-19(29-2)13-20(12-16)30-3/h4-14H,15H2,1-3H3,(H,26,27). The summed E-state index contributed by atoms with van der Waals surface area (Å²) in [6.45, 7) is 0.293. The molecule has 0 bridgehead atoms. The number of nitrogens with one attached hydrogen (secondary N) is 1. The molecule has 1 amide bonds. The fourth-order valence-corrected chi connectivity index (χ4v) is 3.49. The molecule has 0 fully saturated rings. The highest BCUT2D eigenvalue weighted by molar-refractivity contribution is 6.08. The van der Waals surface area contributed by atoms with E-state index >= 15 is 0 Å². The molecule has 0 aliphatic heterocycles. The summed E-state index contributed by atoms with van der Waals surface area (Å²) in [5, 5.41) is 3.79. The van der Waals surface area contributed by atoms with Gasteiger partial charge in [-0.05, 0) is 35.4 Å². The molecule has 6 heteroatoms. The van der Waals surface area contributed by atoms with Crippen LogP contribution in [0.4, 0.5) is 0 Å². The fourth-order valence-electron chi connectivity index (χ4n) is 3.49. The Balaban J connectivity index is 1.69. The van der Waals surface area contributed by atoms with E-state index in [1.165, 1.54) is 0 Å². The summed E-state index contributed by atoms with van der Waals surface area (Å²) in [6.07, 6.45) is 0. The minimum Gasteiger partial charge on any atom is -0.497 e. The molecular weight excluding hydrogens is 394 g/mol. The molecule has 1 N–H and O–H groups in total. The molecule has 3 aromatic carbocycles. The Bertz CT molecular complexity index is 1190. The van der Waals surface area contributed by atoms with Gasteiger partial charge in [-0.15, -0.1) is 0 Å². The van der Waals surface area contributed by atoms with Crippen molar-refractivity contribution >= 4 is 16.9 Å². The summed E-state index contributed by atoms with van der Waals surface area (Å²) < 4.78 is 21.9. The molecule has 158 valence electrons. The number of methoxy groups -OCH3 is 3. The largest absolute Gasteiger partial charge is 0.497 e. The smallest absolute Gasteiger partial charge is 0.287 e. The average Bonchev–Trinajstić information content (AvgIpc) is 3.21. The van der Waals surface area contributed by atoms with Gasteiger partial charge in [-0.2, -0.15) is 0 Å². The van der Waals surface area contributed by atoms with Crippen LogP contribution in [0.5, 0.6) is 17.2 Å². The molecule has 31 heavy (non-hydrogen) atoms. The van der Waals surface area contributed by atoms with Crippen molar-refractivity contribution < 1.29 is 23.4 Å². The van der Waals surface area contributed by atoms with Crippen molar-refractivity contribution in [3.8, 4) is 28.4 Å². The second kappa shape index (κ2) is 8.83. The van der Waals surface area contributed by atoms with Gasteiger partial charge >= 0.3 is 0 Å². The number of hydrogen-bond acceptors (Lipinski definition) is 5. The van der Waals surface area contributed by atoms with Gasteiger partial charge in [0, 0.05) is 29.6 Å². The van der Waals surface area contributed by atoms with Crippen LogP contribution in [0.2, 0.25) is 0 Å². The predicted octanol–water partition coefficient (Wildman–Crippen LogP) is 5.06. The third-order valence-electron chi connectivity index (χ3n) is 5.03. The number of fused-ring (bicyclic) bond motifs is 1. The molecule has 4 rings (SSSR count). The molecule has 0 aliphatic carbocycles. The maximum atomic E-state index is 13.1. The molecule has 0 aliphatic rings. The first kappa shape index (κ1) is 20.3. The minimum absolute atomic E-state index is 0.254. The first-order valence-corrected chi connectivity index (χ1v) is 9.79. The topological polar surface area (TPSA) is 69.9 Å². The number of hydrogen-bond donors (Lipinski definition) is 1. The lowest BCUT2D eigenvalue weighted by Gasteiger charge is -2.10. The monoisotopic (exact) mass is 417 g/mol. The maximum Gasteiger partial charge on any atom is 0.287 e. The molecule has 1 aromatic heterocycles. The van der Waals surface area contributed by atoms with Crippen LogP contribution in [0.1, 0.15) is 16.1 Å². The fraction of sp³-hybridized carbons (Fsp3) is 0.160. The number of carbonyl (C=O) groups excluding carboxylic acids is 1. The lowest BCUT2D eigenvalue weighted by atomic mass is 10.0. The van der Waals surface area contributed by atoms with E-state index < -0.39 is 0 Å². The SMILES string of the molecule is COc1cc(CNC(=O)c2oc3cc(OC)ccc3c2-c2ccccc2)cc(OC)c1. The number of ether oxygens (including phenoxy) is 3. The quantitative estimate of drug-likeness (QED) is 0.455. The van der Waals surface area contributed by atoms with Crippen molar-refractivity contribution in [1.29, 1.82) is 0 Å². The second-order valence-corrected chi connectivity index (χ2v) is 6.94. The summed E-state index contributed by atoms with van der Waals surface area (Å²) >= 11 is 0. The van der Waals surface area contributed by atoms with E-state index in [1.807, 2.05) is 54.6 Å². The molecule has 1 heterocycles. The van der Waals surface area contributed by atoms with Crippen molar-refractivity contribution in [2.24, 2.45) is 0 Å². The van der Waals surface area contributed by atoms with Crippen LogP contribution in [0.15, 0.2) is 71.1 Å². The molecule has 4 aromatic rings. The summed E-state index contributed by atoms with van der Waals surface area (Å²) in [4.78, 5) is 13.1. The van der Waals surface area contributed by atoms with E-state index in [0.717, 1.165) is 22.1 Å². The minimum atomic E-state index is -0.309. The Hall–Kier alpha value is -3.93.